The third-order valence-corrected chi connectivity index (χ3v) is 3.67. The highest BCUT2D eigenvalue weighted by molar-refractivity contribution is 5.79. The molecule has 0 atom stereocenters. The van der Waals surface area contributed by atoms with Crippen LogP contribution in [0, 0.1) is 5.92 Å². The Morgan fingerprint density at radius 2 is 2.00 bits per heavy atom. The Hall–Kier alpha value is -2.04. The summed E-state index contributed by atoms with van der Waals surface area (Å²) < 4.78 is 5.63. The summed E-state index contributed by atoms with van der Waals surface area (Å²) in [6, 6.07) is 7.71. The average molecular weight is 291 g/mol. The second kappa shape index (κ2) is 6.61. The van der Waals surface area contributed by atoms with Crippen molar-refractivity contribution in [3.8, 4) is 5.75 Å². The van der Waals surface area contributed by atoms with Gasteiger partial charge in [-0.15, -0.1) is 0 Å². The number of amides is 1. The van der Waals surface area contributed by atoms with E-state index in [1.807, 2.05) is 24.3 Å². The molecular formula is C16H21NO4. The van der Waals surface area contributed by atoms with Gasteiger partial charge in [0.2, 0.25) is 0 Å². The first-order valence-electron chi connectivity index (χ1n) is 7.18. The van der Waals surface area contributed by atoms with E-state index in [0.29, 0.717) is 19.0 Å². The average Bonchev–Trinajstić information content (AvgIpc) is 2.39. The van der Waals surface area contributed by atoms with Gasteiger partial charge in [-0.2, -0.15) is 0 Å². The maximum absolute atomic E-state index is 12.0. The minimum atomic E-state index is -0.811. The largest absolute Gasteiger partial charge is 0.483 e. The number of likely N-dealkylation sites (tertiary alicyclic amines) is 1. The molecule has 1 saturated heterocycles. The molecule has 0 aromatic heterocycles. The first-order valence-corrected chi connectivity index (χ1v) is 7.18. The minimum Gasteiger partial charge on any atom is -0.483 e. The molecule has 2 rings (SSSR count). The van der Waals surface area contributed by atoms with Crippen molar-refractivity contribution in [2.45, 2.75) is 26.2 Å². The molecule has 1 aliphatic heterocycles. The molecule has 1 heterocycles. The van der Waals surface area contributed by atoms with E-state index in [1.165, 1.54) is 0 Å². The molecule has 114 valence electrons. The van der Waals surface area contributed by atoms with Crippen LogP contribution < -0.4 is 4.74 Å². The smallest absolute Gasteiger partial charge is 0.303 e. The van der Waals surface area contributed by atoms with E-state index >= 15 is 0 Å². The molecular weight excluding hydrogens is 270 g/mol. The van der Waals surface area contributed by atoms with Crippen molar-refractivity contribution in [3.63, 3.8) is 0 Å². The molecule has 1 fully saturated rings. The second-order valence-corrected chi connectivity index (χ2v) is 5.74. The number of para-hydroxylation sites is 1. The molecule has 0 spiro atoms. The van der Waals surface area contributed by atoms with E-state index in [9.17, 15) is 9.59 Å². The summed E-state index contributed by atoms with van der Waals surface area (Å²) in [4.78, 5) is 24.2. The third kappa shape index (κ3) is 3.97. The number of ether oxygens (including phenoxy) is 1. The lowest BCUT2D eigenvalue weighted by molar-refractivity contribution is -0.146. The van der Waals surface area contributed by atoms with Crippen LogP contribution in [0.1, 0.15) is 31.7 Å². The highest BCUT2D eigenvalue weighted by atomic mass is 16.5. The van der Waals surface area contributed by atoms with Crippen LogP contribution in [-0.4, -0.2) is 41.6 Å². The summed E-state index contributed by atoms with van der Waals surface area (Å²) in [5.74, 6) is 0.252. The lowest BCUT2D eigenvalue weighted by Crippen LogP contribution is -2.52. The molecule has 0 unspecified atom stereocenters. The SMILES string of the molecule is CC(C)c1ccccc1OCC(=O)N1CC(CC(=O)O)C1. The Morgan fingerprint density at radius 3 is 2.62 bits per heavy atom. The number of carboxylic acids is 1. The van der Waals surface area contributed by atoms with E-state index in [1.54, 1.807) is 4.90 Å². The topological polar surface area (TPSA) is 66.8 Å². The fourth-order valence-electron chi connectivity index (χ4n) is 2.47. The number of carbonyl (C=O) groups is 2. The standard InChI is InChI=1S/C16H21NO4/c1-11(2)13-5-3-4-6-14(13)21-10-15(18)17-8-12(9-17)7-16(19)20/h3-6,11-12H,7-10H2,1-2H3,(H,19,20). The first kappa shape index (κ1) is 15.4. The Balaban J connectivity index is 1.82. The van der Waals surface area contributed by atoms with Crippen molar-refractivity contribution in [1.29, 1.82) is 0 Å². The number of benzene rings is 1. The maximum Gasteiger partial charge on any atom is 0.303 e. The zero-order valence-corrected chi connectivity index (χ0v) is 12.4. The maximum atomic E-state index is 12.0. The number of hydrogen-bond acceptors (Lipinski definition) is 3. The Kier molecular flexibility index (Phi) is 4.83. The Morgan fingerprint density at radius 1 is 1.33 bits per heavy atom. The van der Waals surface area contributed by atoms with E-state index in [0.717, 1.165) is 11.3 Å². The van der Waals surface area contributed by atoms with Gasteiger partial charge in [-0.1, -0.05) is 32.0 Å². The monoisotopic (exact) mass is 291 g/mol. The molecule has 5 nitrogen and oxygen atoms in total. The van der Waals surface area contributed by atoms with Crippen LogP contribution in [0.4, 0.5) is 0 Å². The summed E-state index contributed by atoms with van der Waals surface area (Å²) in [6.07, 6.45) is 0.126. The molecule has 1 amide bonds. The zero-order valence-electron chi connectivity index (χ0n) is 12.4. The summed E-state index contributed by atoms with van der Waals surface area (Å²) in [7, 11) is 0. The summed E-state index contributed by atoms with van der Waals surface area (Å²) >= 11 is 0. The van der Waals surface area contributed by atoms with Gasteiger partial charge in [-0.05, 0) is 17.5 Å². The minimum absolute atomic E-state index is 0.00350. The number of nitrogens with zero attached hydrogens (tertiary/aromatic N) is 1. The van der Waals surface area contributed by atoms with Crippen molar-refractivity contribution in [3.05, 3.63) is 29.8 Å². The fraction of sp³-hybridized carbons (Fsp3) is 0.500. The van der Waals surface area contributed by atoms with Crippen molar-refractivity contribution in [1.82, 2.24) is 4.90 Å². The second-order valence-electron chi connectivity index (χ2n) is 5.74. The van der Waals surface area contributed by atoms with Crippen molar-refractivity contribution in [2.75, 3.05) is 19.7 Å². The fourth-order valence-corrected chi connectivity index (χ4v) is 2.47. The Bertz CT molecular complexity index is 521. The van der Waals surface area contributed by atoms with E-state index < -0.39 is 5.97 Å². The molecule has 0 aliphatic carbocycles. The lowest BCUT2D eigenvalue weighted by Gasteiger charge is -2.38. The highest BCUT2D eigenvalue weighted by Crippen LogP contribution is 2.26. The van der Waals surface area contributed by atoms with Crippen LogP contribution in [-0.2, 0) is 9.59 Å². The predicted octanol–water partition coefficient (Wildman–Crippen LogP) is 2.12. The molecule has 1 N–H and O–H groups in total. The van der Waals surface area contributed by atoms with Gasteiger partial charge in [0.05, 0.1) is 6.42 Å². The number of carboxylic acid groups (broad SMARTS) is 1. The molecule has 1 aromatic rings. The van der Waals surface area contributed by atoms with E-state index in [4.69, 9.17) is 9.84 Å². The summed E-state index contributed by atoms with van der Waals surface area (Å²) in [6.45, 7) is 5.19. The van der Waals surface area contributed by atoms with E-state index in [-0.39, 0.29) is 24.9 Å². The molecule has 5 heteroatoms. The van der Waals surface area contributed by atoms with Gasteiger partial charge in [0.15, 0.2) is 6.61 Å². The van der Waals surface area contributed by atoms with E-state index in [2.05, 4.69) is 13.8 Å². The van der Waals surface area contributed by atoms with Gasteiger partial charge >= 0.3 is 5.97 Å². The van der Waals surface area contributed by atoms with Crippen LogP contribution in [0.3, 0.4) is 0 Å². The molecule has 0 saturated carbocycles. The molecule has 21 heavy (non-hydrogen) atoms. The van der Waals surface area contributed by atoms with Gasteiger partial charge in [0.1, 0.15) is 5.75 Å². The number of aliphatic carboxylic acids is 1. The van der Waals surface area contributed by atoms with Gasteiger partial charge in [-0.3, -0.25) is 9.59 Å². The van der Waals surface area contributed by atoms with Crippen molar-refractivity contribution in [2.24, 2.45) is 5.92 Å². The molecule has 1 aliphatic rings. The van der Waals surface area contributed by atoms with Crippen LogP contribution in [0.2, 0.25) is 0 Å². The van der Waals surface area contributed by atoms with Crippen LogP contribution in [0.5, 0.6) is 5.75 Å². The van der Waals surface area contributed by atoms with Gasteiger partial charge in [0.25, 0.3) is 5.91 Å². The molecule has 0 bridgehead atoms. The van der Waals surface area contributed by atoms with Crippen LogP contribution >= 0.6 is 0 Å². The number of hydrogen-bond donors (Lipinski definition) is 1. The van der Waals surface area contributed by atoms with Crippen LogP contribution in [0.15, 0.2) is 24.3 Å². The molecule has 1 aromatic carbocycles. The van der Waals surface area contributed by atoms with Crippen molar-refractivity contribution < 1.29 is 19.4 Å². The summed E-state index contributed by atoms with van der Waals surface area (Å²) in [5, 5.41) is 8.68. The van der Waals surface area contributed by atoms with Gasteiger partial charge < -0.3 is 14.7 Å². The molecule has 0 radical (unpaired) electrons. The first-order chi connectivity index (χ1) is 9.97. The van der Waals surface area contributed by atoms with Crippen molar-refractivity contribution >= 4 is 11.9 Å². The zero-order chi connectivity index (χ0) is 15.4. The predicted molar refractivity (Wildman–Crippen MR) is 78.3 cm³/mol. The van der Waals surface area contributed by atoms with Gasteiger partial charge in [-0.25, -0.2) is 0 Å². The number of rotatable bonds is 6. The highest BCUT2D eigenvalue weighted by Gasteiger charge is 2.32. The number of carbonyl (C=O) groups excluding carboxylic acids is 1. The van der Waals surface area contributed by atoms with Gasteiger partial charge in [0, 0.05) is 19.0 Å². The quantitative estimate of drug-likeness (QED) is 0.872. The third-order valence-electron chi connectivity index (χ3n) is 3.67. The lowest BCUT2D eigenvalue weighted by atomic mass is 9.96. The van der Waals surface area contributed by atoms with Crippen LogP contribution in [0.25, 0.3) is 0 Å². The summed E-state index contributed by atoms with van der Waals surface area (Å²) in [5.41, 5.74) is 1.08. The normalized spacial score (nSPS) is 14.9. The Labute approximate surface area is 124 Å².